The van der Waals surface area contributed by atoms with Crippen LogP contribution in [0.15, 0.2) is 39.5 Å². The van der Waals surface area contributed by atoms with Gasteiger partial charge in [-0.1, -0.05) is 11.6 Å². The van der Waals surface area contributed by atoms with Crippen molar-refractivity contribution >= 4 is 28.3 Å². The van der Waals surface area contributed by atoms with Gasteiger partial charge in [0.05, 0.1) is 25.8 Å². The number of methoxy groups -OCH3 is 2. The predicted molar refractivity (Wildman–Crippen MR) is 131 cm³/mol. The van der Waals surface area contributed by atoms with E-state index in [1.807, 2.05) is 38.2 Å². The summed E-state index contributed by atoms with van der Waals surface area (Å²) in [5.41, 5.74) is 2.48. The van der Waals surface area contributed by atoms with Gasteiger partial charge in [-0.2, -0.15) is 0 Å². The molecule has 7 nitrogen and oxygen atoms in total. The Kier molecular flexibility index (Phi) is 6.56. The van der Waals surface area contributed by atoms with E-state index in [4.69, 9.17) is 25.5 Å². The van der Waals surface area contributed by atoms with Gasteiger partial charge in [-0.25, -0.2) is 0 Å². The fourth-order valence-electron chi connectivity index (χ4n) is 4.70. The van der Waals surface area contributed by atoms with E-state index in [0.29, 0.717) is 38.8 Å². The van der Waals surface area contributed by atoms with Crippen LogP contribution in [0.5, 0.6) is 11.5 Å². The van der Waals surface area contributed by atoms with Gasteiger partial charge in [0.25, 0.3) is 0 Å². The summed E-state index contributed by atoms with van der Waals surface area (Å²) in [6.07, 6.45) is 0.796. The van der Waals surface area contributed by atoms with Gasteiger partial charge in [0.15, 0.2) is 5.43 Å². The third kappa shape index (κ3) is 4.05. The standard InChI is InChI=1S/C25H29ClN2O5/c1-27(2)14-6-7-17(26)16(10-14)20-11-19(30)24-22(32-5)12-21(31-4)23(25(24)33-20)15-8-9-28(3)18(15)13-29/h6-7,10-12,15,18,29H,8-9,13H2,1-5H3. The van der Waals surface area contributed by atoms with Crippen molar-refractivity contribution in [3.63, 3.8) is 0 Å². The number of rotatable bonds is 6. The molecule has 1 N–H and O–H groups in total. The normalized spacial score (nSPS) is 18.6. The summed E-state index contributed by atoms with van der Waals surface area (Å²) >= 11 is 6.52. The number of nitrogens with zero attached hydrogens (tertiary/aromatic N) is 2. The molecule has 1 aliphatic heterocycles. The van der Waals surface area contributed by atoms with Gasteiger partial charge in [0, 0.05) is 55.0 Å². The molecule has 3 aromatic rings. The van der Waals surface area contributed by atoms with Crippen LogP contribution >= 0.6 is 11.6 Å². The average molecular weight is 473 g/mol. The largest absolute Gasteiger partial charge is 0.496 e. The molecule has 0 bridgehead atoms. The molecule has 1 fully saturated rings. The number of anilines is 1. The zero-order valence-corrected chi connectivity index (χ0v) is 20.3. The summed E-state index contributed by atoms with van der Waals surface area (Å²) in [6.45, 7) is 0.797. The minimum atomic E-state index is -0.231. The third-order valence-corrected chi connectivity index (χ3v) is 6.85. The van der Waals surface area contributed by atoms with Crippen molar-refractivity contribution in [2.45, 2.75) is 18.4 Å². The Labute approximate surface area is 198 Å². The Balaban J connectivity index is 2.05. The number of ether oxygens (including phenoxy) is 2. The van der Waals surface area contributed by atoms with E-state index in [2.05, 4.69) is 4.90 Å². The third-order valence-electron chi connectivity index (χ3n) is 6.52. The first kappa shape index (κ1) is 23.4. The number of fused-ring (bicyclic) bond motifs is 1. The van der Waals surface area contributed by atoms with Crippen molar-refractivity contribution < 1.29 is 19.0 Å². The summed E-state index contributed by atoms with van der Waals surface area (Å²) in [5.74, 6) is 1.23. The van der Waals surface area contributed by atoms with E-state index >= 15 is 0 Å². The maximum absolute atomic E-state index is 13.4. The number of halogens is 1. The quantitative estimate of drug-likeness (QED) is 0.581. The van der Waals surface area contributed by atoms with Gasteiger partial charge in [0.2, 0.25) is 0 Å². The molecule has 176 valence electrons. The first-order valence-corrected chi connectivity index (χ1v) is 11.2. The van der Waals surface area contributed by atoms with Gasteiger partial charge in [0.1, 0.15) is 28.2 Å². The van der Waals surface area contributed by atoms with Crippen LogP contribution in [0.4, 0.5) is 5.69 Å². The molecule has 0 spiro atoms. The topological polar surface area (TPSA) is 75.4 Å². The Morgan fingerprint density at radius 3 is 2.55 bits per heavy atom. The summed E-state index contributed by atoms with van der Waals surface area (Å²) in [6, 6.07) is 8.64. The number of likely N-dealkylation sites (N-methyl/N-ethyl adjacent to an activating group) is 1. The maximum atomic E-state index is 13.4. The molecular weight excluding hydrogens is 444 g/mol. The summed E-state index contributed by atoms with van der Waals surface area (Å²) < 4.78 is 17.7. The molecule has 33 heavy (non-hydrogen) atoms. The highest BCUT2D eigenvalue weighted by Crippen LogP contribution is 2.45. The van der Waals surface area contributed by atoms with Crippen molar-refractivity contribution in [2.24, 2.45) is 0 Å². The van der Waals surface area contributed by atoms with Gasteiger partial charge in [-0.05, 0) is 38.2 Å². The van der Waals surface area contributed by atoms with Gasteiger partial charge in [-0.15, -0.1) is 0 Å². The molecule has 0 amide bonds. The van der Waals surface area contributed by atoms with E-state index < -0.39 is 0 Å². The molecule has 8 heteroatoms. The molecule has 2 aromatic carbocycles. The van der Waals surface area contributed by atoms with E-state index in [1.54, 1.807) is 19.2 Å². The van der Waals surface area contributed by atoms with E-state index in [9.17, 15) is 9.90 Å². The molecular formula is C25H29ClN2O5. The highest BCUT2D eigenvalue weighted by Gasteiger charge is 2.37. The summed E-state index contributed by atoms with van der Waals surface area (Å²) in [7, 11) is 8.94. The summed E-state index contributed by atoms with van der Waals surface area (Å²) in [4.78, 5) is 17.4. The van der Waals surface area contributed by atoms with Crippen molar-refractivity contribution in [1.82, 2.24) is 4.90 Å². The molecule has 1 aromatic heterocycles. The lowest BCUT2D eigenvalue weighted by molar-refractivity contribution is 0.171. The SMILES string of the molecule is COc1cc(OC)c2c(=O)cc(-c3cc(N(C)C)ccc3Cl)oc2c1C1CCN(C)C1CO. The number of aliphatic hydroxyl groups is 1. The first-order valence-electron chi connectivity index (χ1n) is 10.8. The lowest BCUT2D eigenvalue weighted by Gasteiger charge is -2.25. The number of benzene rings is 2. The van der Waals surface area contributed by atoms with Crippen LogP contribution in [-0.2, 0) is 0 Å². The fourth-order valence-corrected chi connectivity index (χ4v) is 4.91. The molecule has 0 radical (unpaired) electrons. The van der Waals surface area contributed by atoms with Crippen molar-refractivity contribution in [2.75, 3.05) is 53.4 Å². The van der Waals surface area contributed by atoms with Crippen LogP contribution in [0.1, 0.15) is 17.9 Å². The zero-order chi connectivity index (χ0) is 23.9. The van der Waals surface area contributed by atoms with Crippen LogP contribution in [0.2, 0.25) is 5.02 Å². The molecule has 2 heterocycles. The van der Waals surface area contributed by atoms with E-state index in [-0.39, 0.29) is 24.0 Å². The number of hydrogen-bond donors (Lipinski definition) is 1. The molecule has 1 saturated heterocycles. The highest BCUT2D eigenvalue weighted by atomic mass is 35.5. The van der Waals surface area contributed by atoms with Gasteiger partial charge in [-0.3, -0.25) is 4.79 Å². The Morgan fingerprint density at radius 1 is 1.18 bits per heavy atom. The van der Waals surface area contributed by atoms with Crippen molar-refractivity contribution in [3.05, 3.63) is 51.1 Å². The molecule has 1 aliphatic rings. The Hall–Kier alpha value is -2.74. The van der Waals surface area contributed by atoms with Crippen LogP contribution in [0.3, 0.4) is 0 Å². The maximum Gasteiger partial charge on any atom is 0.197 e. The zero-order valence-electron chi connectivity index (χ0n) is 19.5. The first-order chi connectivity index (χ1) is 15.8. The fraction of sp³-hybridized carbons (Fsp3) is 0.400. The molecule has 4 rings (SSSR count). The van der Waals surface area contributed by atoms with Crippen molar-refractivity contribution in [1.29, 1.82) is 0 Å². The predicted octanol–water partition coefficient (Wildman–Crippen LogP) is 3.98. The number of aliphatic hydroxyl groups excluding tert-OH is 1. The minimum Gasteiger partial charge on any atom is -0.496 e. The van der Waals surface area contributed by atoms with Gasteiger partial charge >= 0.3 is 0 Å². The Bertz CT molecular complexity index is 1240. The summed E-state index contributed by atoms with van der Waals surface area (Å²) in [5, 5.41) is 10.9. The van der Waals surface area contributed by atoms with E-state index in [0.717, 1.165) is 24.2 Å². The van der Waals surface area contributed by atoms with E-state index in [1.165, 1.54) is 13.2 Å². The number of hydrogen-bond acceptors (Lipinski definition) is 7. The molecule has 0 saturated carbocycles. The van der Waals surface area contributed by atoms with Crippen LogP contribution in [-0.4, -0.2) is 64.6 Å². The second-order valence-corrected chi connectivity index (χ2v) is 8.97. The van der Waals surface area contributed by atoms with Crippen LogP contribution < -0.4 is 19.8 Å². The Morgan fingerprint density at radius 2 is 1.91 bits per heavy atom. The highest BCUT2D eigenvalue weighted by molar-refractivity contribution is 6.33. The molecule has 2 atom stereocenters. The lowest BCUT2D eigenvalue weighted by Crippen LogP contribution is -2.32. The van der Waals surface area contributed by atoms with Crippen LogP contribution in [0, 0.1) is 0 Å². The van der Waals surface area contributed by atoms with Gasteiger partial charge < -0.3 is 28.8 Å². The van der Waals surface area contributed by atoms with Crippen LogP contribution in [0.25, 0.3) is 22.3 Å². The monoisotopic (exact) mass is 472 g/mol. The van der Waals surface area contributed by atoms with Crippen molar-refractivity contribution in [3.8, 4) is 22.8 Å². The average Bonchev–Trinajstić information content (AvgIpc) is 3.17. The smallest absolute Gasteiger partial charge is 0.197 e. The second-order valence-electron chi connectivity index (χ2n) is 8.56. The second kappa shape index (κ2) is 9.25. The lowest BCUT2D eigenvalue weighted by atomic mass is 9.89. The minimum absolute atomic E-state index is 0.0154. The molecule has 0 aliphatic carbocycles. The number of likely N-dealkylation sites (tertiary alicyclic amines) is 1. The molecule has 2 unspecified atom stereocenters.